The molecule has 128 valence electrons. The minimum atomic E-state index is -1.04. The van der Waals surface area contributed by atoms with Crippen LogP contribution in [0, 0.1) is 11.8 Å². The van der Waals surface area contributed by atoms with Gasteiger partial charge in [0.15, 0.2) is 11.6 Å². The molecule has 0 aliphatic rings. The van der Waals surface area contributed by atoms with E-state index in [1.165, 1.54) is 0 Å². The lowest BCUT2D eigenvalue weighted by Crippen LogP contribution is -2.32. The molecule has 0 aromatic rings. The Bertz CT molecular complexity index is 422. The number of hydrogen-bond donors (Lipinski definition) is 0. The van der Waals surface area contributed by atoms with E-state index < -0.39 is 35.3 Å². The van der Waals surface area contributed by atoms with Gasteiger partial charge in [-0.3, -0.25) is 19.2 Å². The normalized spacial score (nSPS) is 12.8. The van der Waals surface area contributed by atoms with Crippen LogP contribution >= 0.6 is 0 Å². The number of ketones is 2. The summed E-state index contributed by atoms with van der Waals surface area (Å²) < 4.78 is 4.80. The lowest BCUT2D eigenvalue weighted by atomic mass is 9.96. The quantitative estimate of drug-likeness (QED) is 0.313. The van der Waals surface area contributed by atoms with E-state index in [0.717, 1.165) is 25.0 Å². The highest BCUT2D eigenvalue weighted by molar-refractivity contribution is 6.10. The van der Waals surface area contributed by atoms with Crippen molar-refractivity contribution >= 4 is 23.5 Å². The van der Waals surface area contributed by atoms with E-state index in [0.29, 0.717) is 25.7 Å². The van der Waals surface area contributed by atoms with Crippen LogP contribution in [-0.2, 0) is 23.9 Å². The van der Waals surface area contributed by atoms with Gasteiger partial charge >= 0.3 is 11.9 Å². The predicted molar refractivity (Wildman–Crippen MR) is 87.5 cm³/mol. The van der Waals surface area contributed by atoms with Gasteiger partial charge in [-0.25, -0.2) is 0 Å². The number of ether oxygens (including phenoxy) is 1. The highest BCUT2D eigenvalue weighted by Crippen LogP contribution is 2.17. The molecule has 5 nitrogen and oxygen atoms in total. The Labute approximate surface area is 137 Å². The Hall–Kier alpha value is -2.04. The Balaban J connectivity index is 5.00. The third-order valence-corrected chi connectivity index (χ3v) is 3.55. The monoisotopic (exact) mass is 322 g/mol. The average molecular weight is 322 g/mol. The van der Waals surface area contributed by atoms with E-state index >= 15 is 0 Å². The van der Waals surface area contributed by atoms with Crippen LogP contribution in [0.15, 0.2) is 25.3 Å². The van der Waals surface area contributed by atoms with Gasteiger partial charge in [-0.1, -0.05) is 52.7 Å². The Morgan fingerprint density at radius 2 is 1.17 bits per heavy atom. The molecule has 0 spiro atoms. The highest BCUT2D eigenvalue weighted by atomic mass is 16.6. The van der Waals surface area contributed by atoms with Gasteiger partial charge < -0.3 is 4.74 Å². The smallest absolute Gasteiger partial charge is 0.324 e. The molecule has 0 fully saturated rings. The first-order chi connectivity index (χ1) is 10.9. The summed E-state index contributed by atoms with van der Waals surface area (Å²) >= 11 is 0. The summed E-state index contributed by atoms with van der Waals surface area (Å²) in [6.45, 7) is 10.6. The number of allylic oxidation sites excluding steroid dienone is 2. The Kier molecular flexibility index (Phi) is 10.5. The maximum absolute atomic E-state index is 12.1. The molecule has 0 amide bonds. The van der Waals surface area contributed by atoms with Crippen LogP contribution in [0.2, 0.25) is 0 Å². The van der Waals surface area contributed by atoms with Gasteiger partial charge in [0.1, 0.15) is 11.8 Å². The highest BCUT2D eigenvalue weighted by Gasteiger charge is 2.32. The minimum absolute atomic E-state index is 0.294. The fourth-order valence-corrected chi connectivity index (χ4v) is 2.09. The molecule has 5 heteroatoms. The SMILES string of the molecule is C=CC(=O)C(CCCC)C(=O)OC(=O)C(CCCC)C(=O)C=C. The van der Waals surface area contributed by atoms with Crippen LogP contribution in [0.3, 0.4) is 0 Å². The number of unbranched alkanes of at least 4 members (excludes halogenated alkanes) is 2. The molecule has 0 aromatic carbocycles. The molecule has 0 rings (SSSR count). The predicted octanol–water partition coefficient (Wildman–Crippen LogP) is 3.18. The molecular weight excluding hydrogens is 296 g/mol. The van der Waals surface area contributed by atoms with Gasteiger partial charge in [-0.15, -0.1) is 0 Å². The van der Waals surface area contributed by atoms with Gasteiger partial charge in [0.05, 0.1) is 0 Å². The van der Waals surface area contributed by atoms with Crippen molar-refractivity contribution in [3.05, 3.63) is 25.3 Å². The molecular formula is C18H26O5. The number of rotatable bonds is 12. The van der Waals surface area contributed by atoms with E-state index in [2.05, 4.69) is 13.2 Å². The second kappa shape index (κ2) is 11.5. The molecule has 0 heterocycles. The first kappa shape index (κ1) is 21.0. The summed E-state index contributed by atoms with van der Waals surface area (Å²) in [5.74, 6) is -4.85. The van der Waals surface area contributed by atoms with Gasteiger partial charge in [0, 0.05) is 0 Å². The van der Waals surface area contributed by atoms with Crippen molar-refractivity contribution in [2.45, 2.75) is 52.4 Å². The lowest BCUT2D eigenvalue weighted by Gasteiger charge is -2.15. The summed E-state index contributed by atoms with van der Waals surface area (Å²) in [5.41, 5.74) is 0. The zero-order valence-corrected chi connectivity index (χ0v) is 14.0. The number of hydrogen-bond acceptors (Lipinski definition) is 5. The van der Waals surface area contributed by atoms with Crippen LogP contribution in [0.5, 0.6) is 0 Å². The second-order valence-electron chi connectivity index (χ2n) is 5.34. The maximum atomic E-state index is 12.1. The molecule has 0 bridgehead atoms. The van der Waals surface area contributed by atoms with Crippen molar-refractivity contribution in [1.29, 1.82) is 0 Å². The second-order valence-corrected chi connectivity index (χ2v) is 5.34. The number of esters is 2. The minimum Gasteiger partial charge on any atom is -0.392 e. The third-order valence-electron chi connectivity index (χ3n) is 3.55. The van der Waals surface area contributed by atoms with E-state index in [4.69, 9.17) is 4.74 Å². The number of carbonyl (C=O) groups is 4. The molecule has 0 saturated carbocycles. The zero-order chi connectivity index (χ0) is 17.8. The molecule has 0 N–H and O–H groups in total. The van der Waals surface area contributed by atoms with E-state index in [-0.39, 0.29) is 0 Å². The van der Waals surface area contributed by atoms with Crippen LogP contribution in [0.1, 0.15) is 52.4 Å². The van der Waals surface area contributed by atoms with Crippen molar-refractivity contribution in [3.8, 4) is 0 Å². The molecule has 0 aliphatic carbocycles. The van der Waals surface area contributed by atoms with Crippen LogP contribution < -0.4 is 0 Å². The van der Waals surface area contributed by atoms with Gasteiger partial charge in [-0.2, -0.15) is 0 Å². The van der Waals surface area contributed by atoms with E-state index in [1.807, 2.05) is 13.8 Å². The van der Waals surface area contributed by atoms with Crippen molar-refractivity contribution in [2.24, 2.45) is 11.8 Å². The van der Waals surface area contributed by atoms with Gasteiger partial charge in [0.25, 0.3) is 0 Å². The van der Waals surface area contributed by atoms with Crippen molar-refractivity contribution in [3.63, 3.8) is 0 Å². The van der Waals surface area contributed by atoms with Gasteiger partial charge in [-0.05, 0) is 25.0 Å². The van der Waals surface area contributed by atoms with Crippen LogP contribution in [0.25, 0.3) is 0 Å². The molecule has 0 aromatic heterocycles. The summed E-state index contributed by atoms with van der Waals surface area (Å²) in [6, 6.07) is 0. The number of carbonyl (C=O) groups excluding carboxylic acids is 4. The topological polar surface area (TPSA) is 77.5 Å². The first-order valence-corrected chi connectivity index (χ1v) is 8.00. The largest absolute Gasteiger partial charge is 0.392 e. The molecule has 0 saturated heterocycles. The van der Waals surface area contributed by atoms with Crippen molar-refractivity contribution in [2.75, 3.05) is 0 Å². The maximum Gasteiger partial charge on any atom is 0.324 e. The summed E-state index contributed by atoms with van der Waals surface area (Å²) in [4.78, 5) is 47.7. The average Bonchev–Trinajstić information content (AvgIpc) is 2.54. The zero-order valence-electron chi connectivity index (χ0n) is 14.0. The van der Waals surface area contributed by atoms with E-state index in [1.54, 1.807) is 0 Å². The summed E-state index contributed by atoms with van der Waals surface area (Å²) in [7, 11) is 0. The standard InChI is InChI=1S/C18H26O5/c1-5-9-11-13(15(19)7-3)17(21)23-18(22)14(12-10-6-2)16(20)8-4/h7-8,13-14H,3-6,9-12H2,1-2H3. The van der Waals surface area contributed by atoms with Crippen LogP contribution in [0.4, 0.5) is 0 Å². The molecule has 23 heavy (non-hydrogen) atoms. The van der Waals surface area contributed by atoms with Crippen LogP contribution in [-0.4, -0.2) is 23.5 Å². The Morgan fingerprint density at radius 1 is 0.826 bits per heavy atom. The third kappa shape index (κ3) is 7.17. The summed E-state index contributed by atoms with van der Waals surface area (Å²) in [6.07, 6.45) is 5.60. The molecule has 0 radical (unpaired) electrons. The fourth-order valence-electron chi connectivity index (χ4n) is 2.09. The molecule has 2 unspecified atom stereocenters. The van der Waals surface area contributed by atoms with Crippen molar-refractivity contribution < 1.29 is 23.9 Å². The lowest BCUT2D eigenvalue weighted by molar-refractivity contribution is -0.166. The van der Waals surface area contributed by atoms with Crippen molar-refractivity contribution in [1.82, 2.24) is 0 Å². The fraction of sp³-hybridized carbons (Fsp3) is 0.556. The first-order valence-electron chi connectivity index (χ1n) is 8.00. The Morgan fingerprint density at radius 3 is 1.43 bits per heavy atom. The molecule has 2 atom stereocenters. The van der Waals surface area contributed by atoms with E-state index in [9.17, 15) is 19.2 Å². The van der Waals surface area contributed by atoms with Gasteiger partial charge in [0.2, 0.25) is 0 Å². The molecule has 0 aliphatic heterocycles. The summed E-state index contributed by atoms with van der Waals surface area (Å²) in [5, 5.41) is 0.